The molecule has 0 N–H and O–H groups in total. The second-order valence-electron chi connectivity index (χ2n) is 15.7. The molecule has 1 aromatic heterocycles. The van der Waals surface area contributed by atoms with Crippen LogP contribution in [0.4, 0.5) is 17.1 Å². The number of hydrogen-bond donors (Lipinski definition) is 0. The third kappa shape index (κ3) is 4.95. The highest BCUT2D eigenvalue weighted by molar-refractivity contribution is 5.96. The average Bonchev–Trinajstić information content (AvgIpc) is 3.70. The van der Waals surface area contributed by atoms with E-state index < -0.39 is 0 Å². The van der Waals surface area contributed by atoms with Gasteiger partial charge in [-0.3, -0.25) is 0 Å². The summed E-state index contributed by atoms with van der Waals surface area (Å²) in [7, 11) is 0. The van der Waals surface area contributed by atoms with Gasteiger partial charge in [-0.05, 0) is 123 Å². The van der Waals surface area contributed by atoms with Gasteiger partial charge in [-0.15, -0.1) is 0 Å². The van der Waals surface area contributed by atoms with E-state index in [2.05, 4.69) is 205 Å². The van der Waals surface area contributed by atoms with Crippen LogP contribution in [0.3, 0.4) is 0 Å². The summed E-state index contributed by atoms with van der Waals surface area (Å²) in [6.07, 6.45) is 2.15. The summed E-state index contributed by atoms with van der Waals surface area (Å²) in [5.41, 5.74) is 19.3. The van der Waals surface area contributed by atoms with Gasteiger partial charge in [-0.25, -0.2) is 0 Å². The van der Waals surface area contributed by atoms with Crippen LogP contribution >= 0.6 is 0 Å². The standard InChI is InChI=1S/C53H40N2/c1-53(2)49-17-9-7-15-45(49)46-32-30-43(34-50(46)53)54(42-29-23-35-11-3-4-13-39(35)33-42)40-25-19-36(20-26-40)37-21-27-41(28-22-37)55-51-18-10-8-16-47(51)48-31-24-38-12-5-6-14-44(38)52(48)55/h3-23,25-30,32-34H,24,31H2,1-2H3. The van der Waals surface area contributed by atoms with Crippen molar-refractivity contribution in [3.63, 3.8) is 0 Å². The highest BCUT2D eigenvalue weighted by Gasteiger charge is 2.35. The average molecular weight is 705 g/mol. The smallest absolute Gasteiger partial charge is 0.0575 e. The van der Waals surface area contributed by atoms with E-state index in [9.17, 15) is 0 Å². The number of aromatic nitrogens is 1. The minimum Gasteiger partial charge on any atom is -0.310 e. The highest BCUT2D eigenvalue weighted by Crippen LogP contribution is 2.51. The van der Waals surface area contributed by atoms with Crippen molar-refractivity contribution in [1.82, 2.24) is 4.57 Å². The molecule has 2 aliphatic rings. The van der Waals surface area contributed by atoms with Gasteiger partial charge in [0.2, 0.25) is 0 Å². The molecule has 0 bridgehead atoms. The van der Waals surface area contributed by atoms with E-state index in [1.54, 1.807) is 0 Å². The molecule has 2 heteroatoms. The number of nitrogens with zero attached hydrogens (tertiary/aromatic N) is 2. The number of benzene rings is 8. The molecule has 9 aromatic rings. The second kappa shape index (κ2) is 12.2. The van der Waals surface area contributed by atoms with Gasteiger partial charge in [0.15, 0.2) is 0 Å². The number of para-hydroxylation sites is 1. The summed E-state index contributed by atoms with van der Waals surface area (Å²) in [5, 5.41) is 3.84. The molecule has 8 aromatic carbocycles. The van der Waals surface area contributed by atoms with Crippen LogP contribution in [0.2, 0.25) is 0 Å². The van der Waals surface area contributed by atoms with E-state index >= 15 is 0 Å². The fourth-order valence-electron chi connectivity index (χ4n) is 9.54. The molecule has 262 valence electrons. The molecule has 0 saturated carbocycles. The van der Waals surface area contributed by atoms with Crippen LogP contribution in [-0.2, 0) is 18.3 Å². The summed E-state index contributed by atoms with van der Waals surface area (Å²) in [6.45, 7) is 4.71. The summed E-state index contributed by atoms with van der Waals surface area (Å²) < 4.78 is 2.48. The van der Waals surface area contributed by atoms with Crippen LogP contribution in [0.5, 0.6) is 0 Å². The van der Waals surface area contributed by atoms with Crippen molar-refractivity contribution in [3.8, 4) is 39.2 Å². The Bertz CT molecular complexity index is 2940. The molecule has 0 saturated heterocycles. The van der Waals surface area contributed by atoms with Crippen molar-refractivity contribution in [2.45, 2.75) is 32.1 Å². The summed E-state index contributed by atoms with van der Waals surface area (Å²) >= 11 is 0. The number of rotatable bonds is 5. The van der Waals surface area contributed by atoms with Crippen LogP contribution in [-0.4, -0.2) is 4.57 Å². The molecule has 2 aliphatic carbocycles. The Morgan fingerprint density at radius 3 is 1.93 bits per heavy atom. The van der Waals surface area contributed by atoms with Crippen molar-refractivity contribution in [3.05, 3.63) is 204 Å². The molecule has 0 atom stereocenters. The molecule has 2 nitrogen and oxygen atoms in total. The van der Waals surface area contributed by atoms with Gasteiger partial charge in [0, 0.05) is 39.1 Å². The summed E-state index contributed by atoms with van der Waals surface area (Å²) in [5.74, 6) is 0. The first-order chi connectivity index (χ1) is 27.0. The van der Waals surface area contributed by atoms with Crippen molar-refractivity contribution in [2.75, 3.05) is 4.90 Å². The van der Waals surface area contributed by atoms with Gasteiger partial charge < -0.3 is 9.47 Å². The van der Waals surface area contributed by atoms with E-state index in [4.69, 9.17) is 0 Å². The molecule has 0 aliphatic heterocycles. The molecular formula is C53H40N2. The number of anilines is 3. The monoisotopic (exact) mass is 704 g/mol. The molecule has 0 fully saturated rings. The lowest BCUT2D eigenvalue weighted by atomic mass is 9.82. The maximum Gasteiger partial charge on any atom is 0.0575 e. The minimum atomic E-state index is -0.0807. The first kappa shape index (κ1) is 31.8. The van der Waals surface area contributed by atoms with Gasteiger partial charge in [-0.1, -0.05) is 141 Å². The van der Waals surface area contributed by atoms with Crippen LogP contribution in [0.15, 0.2) is 182 Å². The molecule has 0 spiro atoms. The normalized spacial score (nSPS) is 13.6. The van der Waals surface area contributed by atoms with Gasteiger partial charge in [0.1, 0.15) is 0 Å². The Morgan fingerprint density at radius 2 is 1.09 bits per heavy atom. The predicted molar refractivity (Wildman–Crippen MR) is 231 cm³/mol. The zero-order valence-electron chi connectivity index (χ0n) is 31.1. The quantitative estimate of drug-likeness (QED) is 0.173. The van der Waals surface area contributed by atoms with Gasteiger partial charge in [-0.2, -0.15) is 0 Å². The van der Waals surface area contributed by atoms with Crippen LogP contribution < -0.4 is 4.90 Å². The Labute approximate surface area is 322 Å². The lowest BCUT2D eigenvalue weighted by Gasteiger charge is -2.28. The van der Waals surface area contributed by atoms with Gasteiger partial charge >= 0.3 is 0 Å². The fourth-order valence-corrected chi connectivity index (χ4v) is 9.54. The zero-order valence-corrected chi connectivity index (χ0v) is 31.1. The van der Waals surface area contributed by atoms with E-state index in [-0.39, 0.29) is 5.41 Å². The fraction of sp³-hybridized carbons (Fsp3) is 0.0943. The number of hydrogen-bond acceptors (Lipinski definition) is 1. The van der Waals surface area contributed by atoms with Crippen molar-refractivity contribution in [2.24, 2.45) is 0 Å². The molecule has 0 unspecified atom stereocenters. The van der Waals surface area contributed by atoms with Crippen molar-refractivity contribution >= 4 is 38.7 Å². The lowest BCUT2D eigenvalue weighted by molar-refractivity contribution is 0.660. The highest BCUT2D eigenvalue weighted by atomic mass is 15.1. The third-order valence-corrected chi connectivity index (χ3v) is 12.3. The largest absolute Gasteiger partial charge is 0.310 e. The molecule has 1 heterocycles. The molecule has 55 heavy (non-hydrogen) atoms. The van der Waals surface area contributed by atoms with Crippen molar-refractivity contribution < 1.29 is 0 Å². The van der Waals surface area contributed by atoms with Gasteiger partial charge in [0.25, 0.3) is 0 Å². The molecule has 11 rings (SSSR count). The third-order valence-electron chi connectivity index (χ3n) is 12.3. The zero-order chi connectivity index (χ0) is 36.7. The molecule has 0 amide bonds. The van der Waals surface area contributed by atoms with Crippen LogP contribution in [0.1, 0.15) is 36.1 Å². The van der Waals surface area contributed by atoms with E-state index in [1.165, 1.54) is 83.1 Å². The van der Waals surface area contributed by atoms with E-state index in [1.807, 2.05) is 0 Å². The predicted octanol–water partition coefficient (Wildman–Crippen LogP) is 14.0. The Balaban J connectivity index is 0.982. The molecule has 0 radical (unpaired) electrons. The van der Waals surface area contributed by atoms with E-state index in [0.29, 0.717) is 0 Å². The second-order valence-corrected chi connectivity index (χ2v) is 15.7. The van der Waals surface area contributed by atoms with E-state index in [0.717, 1.165) is 29.9 Å². The van der Waals surface area contributed by atoms with Crippen molar-refractivity contribution in [1.29, 1.82) is 0 Å². The Morgan fingerprint density at radius 1 is 0.473 bits per heavy atom. The Kier molecular flexibility index (Phi) is 7.06. The first-order valence-corrected chi connectivity index (χ1v) is 19.5. The van der Waals surface area contributed by atoms with Crippen LogP contribution in [0.25, 0.3) is 60.9 Å². The number of aryl methyl sites for hydroxylation is 2. The van der Waals surface area contributed by atoms with Crippen LogP contribution in [0, 0.1) is 0 Å². The van der Waals surface area contributed by atoms with Gasteiger partial charge in [0.05, 0.1) is 11.2 Å². The summed E-state index contributed by atoms with van der Waals surface area (Å²) in [6, 6.07) is 67.4. The maximum absolute atomic E-state index is 2.48. The molecular weight excluding hydrogens is 665 g/mol. The Hall–Kier alpha value is -6.64. The lowest BCUT2D eigenvalue weighted by Crippen LogP contribution is -2.16. The topological polar surface area (TPSA) is 8.17 Å². The maximum atomic E-state index is 2.48. The first-order valence-electron chi connectivity index (χ1n) is 19.5. The summed E-state index contributed by atoms with van der Waals surface area (Å²) in [4.78, 5) is 2.41. The minimum absolute atomic E-state index is 0.0807. The number of fused-ring (bicyclic) bond motifs is 9. The SMILES string of the molecule is CC1(C)c2ccccc2-c2ccc(N(c3ccc(-c4ccc(-n5c6c(c7ccccc75)CCc5ccccc5-6)cc4)cc3)c3ccc4ccccc4c3)cc21.